The Balaban J connectivity index is 1.48. The number of amides is 2. The standard InChI is InChI=1S/C22H24ClFN6O3/c23-14-5-6-17(29(26)11-28-25)13(7-14)10-27-21(32)19-9-12-8-18(12)30(19)22(33)20(31)15-3-1-2-4-16(15)24/h1-7,11-12,18-20,31H,8-10,25-26H2,(H,27,32)/b28-11-. The molecule has 4 unspecified atom stereocenters. The number of anilines is 1. The van der Waals surface area contributed by atoms with Crippen LogP contribution in [-0.4, -0.2) is 40.2 Å². The first kappa shape index (κ1) is 23.0. The summed E-state index contributed by atoms with van der Waals surface area (Å²) < 4.78 is 14.1. The molecule has 2 amide bonds. The zero-order valence-electron chi connectivity index (χ0n) is 17.6. The van der Waals surface area contributed by atoms with E-state index in [1.54, 1.807) is 24.3 Å². The van der Waals surface area contributed by atoms with E-state index in [2.05, 4.69) is 10.4 Å². The van der Waals surface area contributed by atoms with Crippen molar-refractivity contribution in [3.05, 3.63) is 64.4 Å². The van der Waals surface area contributed by atoms with E-state index in [9.17, 15) is 19.1 Å². The summed E-state index contributed by atoms with van der Waals surface area (Å²) in [5, 5.41) is 18.4. The number of fused-ring (bicyclic) bond motifs is 1. The second kappa shape index (κ2) is 9.34. The van der Waals surface area contributed by atoms with E-state index in [1.165, 1.54) is 34.4 Å². The lowest BCUT2D eigenvalue weighted by Crippen LogP contribution is -2.49. The molecule has 1 heterocycles. The topological polar surface area (TPSA) is 137 Å². The lowest BCUT2D eigenvalue weighted by Gasteiger charge is -2.29. The number of nitrogens with zero attached hydrogens (tertiary/aromatic N) is 3. The van der Waals surface area contributed by atoms with Gasteiger partial charge in [-0.15, -0.1) is 0 Å². The van der Waals surface area contributed by atoms with Crippen LogP contribution in [0.2, 0.25) is 5.02 Å². The maximum absolute atomic E-state index is 14.1. The van der Waals surface area contributed by atoms with Crippen LogP contribution in [0.5, 0.6) is 0 Å². The minimum Gasteiger partial charge on any atom is -0.378 e. The number of aliphatic hydroxyl groups is 1. The van der Waals surface area contributed by atoms with Crippen molar-refractivity contribution in [3.8, 4) is 0 Å². The van der Waals surface area contributed by atoms with Crippen LogP contribution in [0.15, 0.2) is 47.6 Å². The maximum Gasteiger partial charge on any atom is 0.257 e. The summed E-state index contributed by atoms with van der Waals surface area (Å²) in [6, 6.07) is 9.63. The van der Waals surface area contributed by atoms with Crippen molar-refractivity contribution in [2.24, 2.45) is 22.7 Å². The number of nitrogens with two attached hydrogens (primary N) is 2. The van der Waals surface area contributed by atoms with Gasteiger partial charge >= 0.3 is 0 Å². The molecule has 0 radical (unpaired) electrons. The van der Waals surface area contributed by atoms with E-state index >= 15 is 0 Å². The third-order valence-corrected chi connectivity index (χ3v) is 6.29. The SMILES string of the molecule is N/N=C\N(N)c1ccc(Cl)cc1CNC(=O)C1CC2CC2N1C(=O)C(O)c1ccccc1F. The number of piperidine rings is 1. The van der Waals surface area contributed by atoms with Gasteiger partial charge in [0.2, 0.25) is 5.91 Å². The lowest BCUT2D eigenvalue weighted by molar-refractivity contribution is -0.147. The number of carbonyl (C=O) groups excluding carboxylic acids is 2. The fourth-order valence-corrected chi connectivity index (χ4v) is 4.55. The molecule has 4 atom stereocenters. The van der Waals surface area contributed by atoms with Crippen LogP contribution in [0.3, 0.4) is 0 Å². The summed E-state index contributed by atoms with van der Waals surface area (Å²) in [6.45, 7) is 0.0879. The molecule has 9 nitrogen and oxygen atoms in total. The van der Waals surface area contributed by atoms with Crippen LogP contribution in [0.4, 0.5) is 10.1 Å². The highest BCUT2D eigenvalue weighted by atomic mass is 35.5. The summed E-state index contributed by atoms with van der Waals surface area (Å²) >= 11 is 6.09. The maximum atomic E-state index is 14.1. The van der Waals surface area contributed by atoms with Gasteiger partial charge in [-0.25, -0.2) is 10.2 Å². The Kier molecular flexibility index (Phi) is 6.50. The van der Waals surface area contributed by atoms with Crippen molar-refractivity contribution >= 4 is 35.4 Å². The Morgan fingerprint density at radius 2 is 2.09 bits per heavy atom. The average Bonchev–Trinajstić information content (AvgIpc) is 3.46. The van der Waals surface area contributed by atoms with E-state index < -0.39 is 23.9 Å². The van der Waals surface area contributed by atoms with Gasteiger partial charge in [0.05, 0.1) is 5.69 Å². The first-order valence-corrected chi connectivity index (χ1v) is 10.8. The fraction of sp³-hybridized carbons (Fsp3) is 0.318. The number of hydrazone groups is 1. The number of benzene rings is 2. The molecular weight excluding hydrogens is 451 g/mol. The average molecular weight is 475 g/mol. The Labute approximate surface area is 194 Å². The van der Waals surface area contributed by atoms with Crippen molar-refractivity contribution in [3.63, 3.8) is 0 Å². The third kappa shape index (κ3) is 4.63. The van der Waals surface area contributed by atoms with Crippen LogP contribution in [0, 0.1) is 11.7 Å². The summed E-state index contributed by atoms with van der Waals surface area (Å²) in [7, 11) is 0. The predicted molar refractivity (Wildman–Crippen MR) is 121 cm³/mol. The number of halogens is 2. The molecule has 11 heteroatoms. The minimum absolute atomic E-state index is 0.0879. The molecule has 174 valence electrons. The van der Waals surface area contributed by atoms with Gasteiger partial charge in [-0.1, -0.05) is 29.8 Å². The Morgan fingerprint density at radius 3 is 2.82 bits per heavy atom. The Bertz CT molecular complexity index is 1100. The number of hydrogen-bond donors (Lipinski definition) is 4. The normalized spacial score (nSPS) is 22.2. The van der Waals surface area contributed by atoms with E-state index in [4.69, 9.17) is 23.3 Å². The Hall–Kier alpha value is -3.21. The highest BCUT2D eigenvalue weighted by Gasteiger charge is 2.56. The van der Waals surface area contributed by atoms with Gasteiger partial charge < -0.3 is 21.2 Å². The van der Waals surface area contributed by atoms with E-state index in [0.717, 1.165) is 6.42 Å². The van der Waals surface area contributed by atoms with Crippen molar-refractivity contribution in [1.82, 2.24) is 10.2 Å². The quantitative estimate of drug-likeness (QED) is 0.207. The second-order valence-electron chi connectivity index (χ2n) is 8.15. The molecule has 4 rings (SSSR count). The van der Waals surface area contributed by atoms with Crippen LogP contribution < -0.4 is 22.0 Å². The zero-order chi connectivity index (χ0) is 23.7. The van der Waals surface area contributed by atoms with Gasteiger partial charge in [0.25, 0.3) is 5.91 Å². The number of hydrogen-bond acceptors (Lipinski definition) is 6. The number of carbonyl (C=O) groups is 2. The molecule has 6 N–H and O–H groups in total. The predicted octanol–water partition coefficient (Wildman–Crippen LogP) is 1.40. The lowest BCUT2D eigenvalue weighted by atomic mass is 10.1. The molecule has 0 spiro atoms. The molecule has 2 aromatic carbocycles. The molecule has 0 bridgehead atoms. The van der Waals surface area contributed by atoms with Crippen molar-refractivity contribution < 1.29 is 19.1 Å². The summed E-state index contributed by atoms with van der Waals surface area (Å²) in [6.07, 6.45) is 0.779. The monoisotopic (exact) mass is 474 g/mol. The second-order valence-corrected chi connectivity index (χ2v) is 8.58. The molecule has 0 aromatic heterocycles. The molecule has 2 fully saturated rings. The molecular formula is C22H24ClFN6O3. The van der Waals surface area contributed by atoms with Crippen molar-refractivity contribution in [1.29, 1.82) is 0 Å². The number of nitrogens with one attached hydrogen (secondary N) is 1. The van der Waals surface area contributed by atoms with Gasteiger partial charge in [-0.3, -0.25) is 14.6 Å². The summed E-state index contributed by atoms with van der Waals surface area (Å²) in [5.41, 5.74) is 1.04. The number of hydrazine groups is 1. The molecule has 2 aliphatic rings. The highest BCUT2D eigenvalue weighted by molar-refractivity contribution is 6.30. The Morgan fingerprint density at radius 1 is 1.33 bits per heavy atom. The van der Waals surface area contributed by atoms with Crippen LogP contribution in [0.1, 0.15) is 30.1 Å². The first-order valence-electron chi connectivity index (χ1n) is 10.4. The summed E-state index contributed by atoms with van der Waals surface area (Å²) in [4.78, 5) is 27.5. The van der Waals surface area contributed by atoms with Gasteiger partial charge in [0.1, 0.15) is 18.2 Å². The van der Waals surface area contributed by atoms with E-state index in [0.29, 0.717) is 22.7 Å². The van der Waals surface area contributed by atoms with Crippen molar-refractivity contribution in [2.75, 3.05) is 5.01 Å². The van der Waals surface area contributed by atoms with Gasteiger partial charge in [0, 0.05) is 23.2 Å². The molecule has 2 aromatic rings. The van der Waals surface area contributed by atoms with Gasteiger partial charge in [-0.05, 0) is 48.6 Å². The van der Waals surface area contributed by atoms with E-state index in [-0.39, 0.29) is 30.0 Å². The highest BCUT2D eigenvalue weighted by Crippen LogP contribution is 2.48. The molecule has 33 heavy (non-hydrogen) atoms. The molecule has 1 saturated heterocycles. The number of likely N-dealkylation sites (tertiary alicyclic amines) is 1. The van der Waals surface area contributed by atoms with Crippen LogP contribution >= 0.6 is 11.6 Å². The van der Waals surface area contributed by atoms with Gasteiger partial charge in [0.15, 0.2) is 6.10 Å². The molecule has 1 aliphatic heterocycles. The number of aliphatic hydroxyl groups excluding tert-OH is 1. The largest absolute Gasteiger partial charge is 0.378 e. The van der Waals surface area contributed by atoms with Crippen LogP contribution in [0.25, 0.3) is 0 Å². The molecule has 1 saturated carbocycles. The van der Waals surface area contributed by atoms with Crippen LogP contribution in [-0.2, 0) is 16.1 Å². The molecule has 1 aliphatic carbocycles. The summed E-state index contributed by atoms with van der Waals surface area (Å²) in [5.74, 6) is 9.53. The zero-order valence-corrected chi connectivity index (χ0v) is 18.3. The smallest absolute Gasteiger partial charge is 0.257 e. The third-order valence-electron chi connectivity index (χ3n) is 6.06. The minimum atomic E-state index is -1.68. The van der Waals surface area contributed by atoms with E-state index in [1.807, 2.05) is 0 Å². The number of rotatable bonds is 7. The van der Waals surface area contributed by atoms with Crippen molar-refractivity contribution in [2.45, 2.75) is 37.6 Å². The van der Waals surface area contributed by atoms with Gasteiger partial charge in [-0.2, -0.15) is 5.10 Å². The fourth-order valence-electron chi connectivity index (χ4n) is 4.36. The first-order chi connectivity index (χ1) is 15.8.